The molecule has 2 heterocycles. The smallest absolute Gasteiger partial charge is 0.293 e. The van der Waals surface area contributed by atoms with E-state index < -0.39 is 0 Å². The molecule has 0 aliphatic carbocycles. The van der Waals surface area contributed by atoms with Gasteiger partial charge in [-0.3, -0.25) is 0 Å². The zero-order chi connectivity index (χ0) is 29.2. The van der Waals surface area contributed by atoms with Gasteiger partial charge < -0.3 is 9.38 Å². The number of imidazole rings is 1. The van der Waals surface area contributed by atoms with Crippen LogP contribution in [0, 0.1) is 6.92 Å². The lowest BCUT2D eigenvalue weighted by Crippen LogP contribution is -2.22. The zero-order valence-corrected chi connectivity index (χ0v) is 24.2. The van der Waals surface area contributed by atoms with E-state index in [-0.39, 0.29) is 0 Å². The zero-order valence-electron chi connectivity index (χ0n) is 24.2. The largest absolute Gasteiger partial charge is 0.368 e. The normalized spacial score (nSPS) is 14.4. The van der Waals surface area contributed by atoms with Crippen LogP contribution in [0.4, 0.5) is 11.4 Å². The number of benzene rings is 5. The third-order valence-electron chi connectivity index (χ3n) is 8.02. The van der Waals surface area contributed by atoms with Crippen molar-refractivity contribution in [3.05, 3.63) is 163 Å². The van der Waals surface area contributed by atoms with Gasteiger partial charge in [-0.25, -0.2) is 4.98 Å². The van der Waals surface area contributed by atoms with Crippen molar-refractivity contribution in [1.82, 2.24) is 9.46 Å². The lowest BCUT2D eigenvalue weighted by molar-refractivity contribution is 1.09. The summed E-state index contributed by atoms with van der Waals surface area (Å²) in [5.41, 5.74) is 12.2. The highest BCUT2D eigenvalue weighted by atomic mass is 15.1. The van der Waals surface area contributed by atoms with E-state index in [2.05, 4.69) is 164 Å². The van der Waals surface area contributed by atoms with Crippen molar-refractivity contribution in [2.24, 2.45) is 0 Å². The molecule has 7 rings (SSSR count). The summed E-state index contributed by atoms with van der Waals surface area (Å²) in [6.45, 7) is 7.39. The molecule has 0 spiro atoms. The maximum absolute atomic E-state index is 5.13. The van der Waals surface area contributed by atoms with E-state index in [0.717, 1.165) is 68.1 Å². The van der Waals surface area contributed by atoms with Crippen molar-refractivity contribution in [2.45, 2.75) is 6.92 Å². The highest BCUT2D eigenvalue weighted by molar-refractivity contribution is 6.53. The molecule has 1 aromatic heterocycles. The SMILES string of the molecule is C=C1/C=C\C=C/CN(c2ccccc2)c2ccc(-c3ccc(C)c(-c4nc5ccccc5n4[B]c4ccccc4)c3)cc21. The van der Waals surface area contributed by atoms with Gasteiger partial charge in [0.1, 0.15) is 5.82 Å². The fourth-order valence-electron chi connectivity index (χ4n) is 5.76. The molecule has 0 fully saturated rings. The van der Waals surface area contributed by atoms with Crippen LogP contribution in [0.2, 0.25) is 0 Å². The van der Waals surface area contributed by atoms with E-state index >= 15 is 0 Å². The van der Waals surface area contributed by atoms with Crippen molar-refractivity contribution in [1.29, 1.82) is 0 Å². The van der Waals surface area contributed by atoms with Crippen LogP contribution in [0.25, 0.3) is 39.1 Å². The maximum Gasteiger partial charge on any atom is 0.293 e. The molecule has 1 radical (unpaired) electrons. The van der Waals surface area contributed by atoms with Crippen LogP contribution in [0.3, 0.4) is 0 Å². The molecule has 6 aromatic rings. The third-order valence-corrected chi connectivity index (χ3v) is 8.02. The van der Waals surface area contributed by atoms with Gasteiger partial charge in [-0.05, 0) is 71.7 Å². The maximum atomic E-state index is 5.13. The minimum atomic E-state index is 0.775. The number of aromatic nitrogens is 2. The number of rotatable bonds is 5. The van der Waals surface area contributed by atoms with Gasteiger partial charge in [-0.2, -0.15) is 0 Å². The van der Waals surface area contributed by atoms with E-state index in [1.54, 1.807) is 0 Å². The van der Waals surface area contributed by atoms with Crippen LogP contribution in [0.1, 0.15) is 11.1 Å². The highest BCUT2D eigenvalue weighted by Gasteiger charge is 2.19. The van der Waals surface area contributed by atoms with E-state index in [0.29, 0.717) is 0 Å². The molecule has 0 N–H and O–H groups in total. The molecule has 0 saturated heterocycles. The summed E-state index contributed by atoms with van der Waals surface area (Å²) in [6.07, 6.45) is 8.45. The summed E-state index contributed by atoms with van der Waals surface area (Å²) in [7, 11) is 2.17. The molecular formula is C39H31BN3. The predicted molar refractivity (Wildman–Crippen MR) is 183 cm³/mol. The molecule has 0 saturated carbocycles. The molecular weight excluding hydrogens is 521 g/mol. The molecule has 205 valence electrons. The first-order valence-corrected chi connectivity index (χ1v) is 14.6. The monoisotopic (exact) mass is 552 g/mol. The molecule has 0 bridgehead atoms. The number of aryl methyl sites for hydroxylation is 1. The van der Waals surface area contributed by atoms with Gasteiger partial charge >= 0.3 is 0 Å². The Morgan fingerprint density at radius 3 is 2.23 bits per heavy atom. The number of nitrogens with zero attached hydrogens (tertiary/aromatic N) is 3. The second-order valence-electron chi connectivity index (χ2n) is 10.9. The number of para-hydroxylation sites is 3. The highest BCUT2D eigenvalue weighted by Crippen LogP contribution is 2.38. The fraction of sp³-hybridized carbons (Fsp3) is 0.0513. The first kappa shape index (κ1) is 26.5. The summed E-state index contributed by atoms with van der Waals surface area (Å²) in [4.78, 5) is 7.47. The van der Waals surface area contributed by atoms with Crippen molar-refractivity contribution in [2.75, 3.05) is 11.4 Å². The molecule has 4 heteroatoms. The van der Waals surface area contributed by atoms with Gasteiger partial charge in [-0.1, -0.05) is 115 Å². The summed E-state index contributed by atoms with van der Waals surface area (Å²) >= 11 is 0. The Labute approximate surface area is 254 Å². The Morgan fingerprint density at radius 1 is 0.721 bits per heavy atom. The standard InChI is InChI=1S/C39H31BN3/c1-28-14-6-5-13-25-42(33-17-9-4-10-18-33)37-24-23-31(26-34(28)37)30-22-21-29(2)35(27-30)39-41-36-19-11-12-20-38(36)43(39)40-32-15-7-3-8-16-32/h3-24,26-27H,1,25H2,2H3/b13-5-,14-6-. The fourth-order valence-corrected chi connectivity index (χ4v) is 5.76. The Bertz CT molecular complexity index is 2000. The molecule has 5 aromatic carbocycles. The number of hydrogen-bond acceptors (Lipinski definition) is 2. The van der Waals surface area contributed by atoms with Gasteiger partial charge in [0.15, 0.2) is 0 Å². The second kappa shape index (κ2) is 11.5. The van der Waals surface area contributed by atoms with Crippen LogP contribution in [-0.2, 0) is 0 Å². The predicted octanol–water partition coefficient (Wildman–Crippen LogP) is 8.75. The summed E-state index contributed by atoms with van der Waals surface area (Å²) in [5.74, 6) is 0.931. The van der Waals surface area contributed by atoms with Gasteiger partial charge in [0.2, 0.25) is 0 Å². The minimum absolute atomic E-state index is 0.775. The second-order valence-corrected chi connectivity index (χ2v) is 10.9. The third kappa shape index (κ3) is 5.24. The van der Waals surface area contributed by atoms with E-state index in [1.165, 1.54) is 5.56 Å². The quantitative estimate of drug-likeness (QED) is 0.200. The Balaban J connectivity index is 1.35. The van der Waals surface area contributed by atoms with Gasteiger partial charge in [-0.15, -0.1) is 0 Å². The van der Waals surface area contributed by atoms with Crippen LogP contribution >= 0.6 is 0 Å². The van der Waals surface area contributed by atoms with Crippen molar-refractivity contribution < 1.29 is 0 Å². The average Bonchev–Trinajstić information content (AvgIpc) is 3.44. The molecule has 1 aliphatic rings. The van der Waals surface area contributed by atoms with Crippen molar-refractivity contribution in [3.8, 4) is 22.5 Å². The Hall–Kier alpha value is -5.35. The Morgan fingerprint density at radius 2 is 1.42 bits per heavy atom. The van der Waals surface area contributed by atoms with Crippen molar-refractivity contribution in [3.63, 3.8) is 0 Å². The van der Waals surface area contributed by atoms with Crippen LogP contribution in [-0.4, -0.2) is 23.4 Å². The Kier molecular flexibility index (Phi) is 7.10. The van der Waals surface area contributed by atoms with Crippen LogP contribution < -0.4 is 10.4 Å². The molecule has 43 heavy (non-hydrogen) atoms. The number of fused-ring (bicyclic) bond motifs is 2. The molecule has 0 amide bonds. The summed E-state index contributed by atoms with van der Waals surface area (Å²) < 4.78 is 2.22. The average molecular weight is 553 g/mol. The summed E-state index contributed by atoms with van der Waals surface area (Å²) in [5, 5.41) is 0. The summed E-state index contributed by atoms with van der Waals surface area (Å²) in [6, 6.07) is 42.7. The topological polar surface area (TPSA) is 21.1 Å². The van der Waals surface area contributed by atoms with Crippen molar-refractivity contribution >= 4 is 40.9 Å². The van der Waals surface area contributed by atoms with Gasteiger partial charge in [0, 0.05) is 29.0 Å². The lowest BCUT2D eigenvalue weighted by Gasteiger charge is -2.27. The molecule has 3 nitrogen and oxygen atoms in total. The van der Waals surface area contributed by atoms with E-state index in [9.17, 15) is 0 Å². The van der Waals surface area contributed by atoms with Crippen LogP contribution in [0.15, 0.2) is 152 Å². The molecule has 1 aliphatic heterocycles. The minimum Gasteiger partial charge on any atom is -0.368 e. The van der Waals surface area contributed by atoms with Gasteiger partial charge in [0.05, 0.1) is 11.0 Å². The first-order chi connectivity index (χ1) is 21.2. The first-order valence-electron chi connectivity index (χ1n) is 14.6. The molecule has 0 atom stereocenters. The van der Waals surface area contributed by atoms with E-state index in [1.807, 2.05) is 12.1 Å². The van der Waals surface area contributed by atoms with E-state index in [4.69, 9.17) is 4.98 Å². The number of allylic oxidation sites excluding steroid dienone is 4. The van der Waals surface area contributed by atoms with Gasteiger partial charge in [0.25, 0.3) is 7.41 Å². The number of anilines is 2. The number of hydrogen-bond donors (Lipinski definition) is 0. The molecule has 0 unspecified atom stereocenters. The van der Waals surface area contributed by atoms with Crippen LogP contribution in [0.5, 0.6) is 0 Å². The lowest BCUT2D eigenvalue weighted by atomic mass is 9.81.